The molecular weight excluding hydrogens is 371 g/mol. The van der Waals surface area contributed by atoms with Gasteiger partial charge in [-0.3, -0.25) is 4.31 Å². The number of rotatable bonds is 2. The van der Waals surface area contributed by atoms with Gasteiger partial charge in [0.2, 0.25) is 0 Å². The van der Waals surface area contributed by atoms with Crippen LogP contribution in [0.25, 0.3) is 0 Å². The second-order valence-electron chi connectivity index (χ2n) is 3.87. The molecule has 0 fully saturated rings. The SMILES string of the molecule is Cc1cc(F)c(Br)cc1N=C(Br)N(S)C(C)C. The molecule has 0 saturated carbocycles. The summed E-state index contributed by atoms with van der Waals surface area (Å²) in [7, 11) is 0. The maximum absolute atomic E-state index is 13.3. The zero-order chi connectivity index (χ0) is 13.2. The van der Waals surface area contributed by atoms with E-state index in [4.69, 9.17) is 0 Å². The summed E-state index contributed by atoms with van der Waals surface area (Å²) < 4.78 is 15.9. The molecule has 0 aliphatic carbocycles. The zero-order valence-corrected chi connectivity index (χ0v) is 13.8. The Morgan fingerprint density at radius 2 is 2.06 bits per heavy atom. The van der Waals surface area contributed by atoms with Crippen LogP contribution in [0.2, 0.25) is 0 Å². The molecule has 0 aromatic heterocycles. The first-order valence-corrected chi connectivity index (χ1v) is 6.99. The lowest BCUT2D eigenvalue weighted by Gasteiger charge is -2.19. The first-order chi connectivity index (χ1) is 7.82. The summed E-state index contributed by atoms with van der Waals surface area (Å²) in [5.41, 5.74) is 1.47. The summed E-state index contributed by atoms with van der Waals surface area (Å²) in [5.74, 6) is -0.288. The average Bonchev–Trinajstić information content (AvgIpc) is 2.24. The highest BCUT2D eigenvalue weighted by Gasteiger charge is 2.10. The highest BCUT2D eigenvalue weighted by atomic mass is 79.9. The average molecular weight is 384 g/mol. The van der Waals surface area contributed by atoms with Crippen molar-refractivity contribution < 1.29 is 4.39 Å². The number of nitrogens with zero attached hydrogens (tertiary/aromatic N) is 2. The van der Waals surface area contributed by atoms with Gasteiger partial charge >= 0.3 is 0 Å². The van der Waals surface area contributed by atoms with Crippen LogP contribution in [0.5, 0.6) is 0 Å². The van der Waals surface area contributed by atoms with Crippen molar-refractivity contribution in [2.45, 2.75) is 26.8 Å². The molecular formula is C11H13Br2FN2S. The van der Waals surface area contributed by atoms with Gasteiger partial charge in [0.05, 0.1) is 10.2 Å². The Morgan fingerprint density at radius 1 is 1.47 bits per heavy atom. The van der Waals surface area contributed by atoms with E-state index in [9.17, 15) is 4.39 Å². The van der Waals surface area contributed by atoms with Crippen LogP contribution in [0.4, 0.5) is 10.1 Å². The number of amidine groups is 1. The Bertz CT molecular complexity index is 449. The van der Waals surface area contributed by atoms with E-state index in [1.54, 1.807) is 10.4 Å². The minimum atomic E-state index is -0.288. The van der Waals surface area contributed by atoms with E-state index in [-0.39, 0.29) is 11.9 Å². The first kappa shape index (κ1) is 15.0. The van der Waals surface area contributed by atoms with Gasteiger partial charge in [-0.25, -0.2) is 9.38 Å². The van der Waals surface area contributed by atoms with Crippen LogP contribution >= 0.6 is 44.7 Å². The lowest BCUT2D eigenvalue weighted by atomic mass is 10.2. The Balaban J connectivity index is 3.10. The predicted molar refractivity (Wildman–Crippen MR) is 80.8 cm³/mol. The van der Waals surface area contributed by atoms with Crippen LogP contribution < -0.4 is 0 Å². The van der Waals surface area contributed by atoms with Gasteiger partial charge in [0.25, 0.3) is 0 Å². The van der Waals surface area contributed by atoms with Crippen LogP contribution in [0.15, 0.2) is 21.6 Å². The molecule has 0 heterocycles. The fourth-order valence-electron chi connectivity index (χ4n) is 1.12. The molecule has 0 aliphatic rings. The van der Waals surface area contributed by atoms with Gasteiger partial charge in [0.1, 0.15) is 5.82 Å². The van der Waals surface area contributed by atoms with E-state index in [1.165, 1.54) is 6.07 Å². The molecule has 17 heavy (non-hydrogen) atoms. The number of benzene rings is 1. The molecule has 1 aromatic rings. The van der Waals surface area contributed by atoms with Crippen molar-refractivity contribution in [2.24, 2.45) is 4.99 Å². The van der Waals surface area contributed by atoms with Crippen molar-refractivity contribution in [1.29, 1.82) is 0 Å². The number of aliphatic imine (C=N–C) groups is 1. The number of halogens is 3. The lowest BCUT2D eigenvalue weighted by molar-refractivity contribution is 0.566. The minimum absolute atomic E-state index is 0.209. The van der Waals surface area contributed by atoms with Gasteiger partial charge < -0.3 is 0 Å². The van der Waals surface area contributed by atoms with Gasteiger partial charge in [-0.1, -0.05) is 12.8 Å². The van der Waals surface area contributed by atoms with E-state index >= 15 is 0 Å². The fourth-order valence-corrected chi connectivity index (χ4v) is 2.10. The van der Waals surface area contributed by atoms with Crippen molar-refractivity contribution in [3.63, 3.8) is 0 Å². The number of hydrogen-bond donors (Lipinski definition) is 1. The van der Waals surface area contributed by atoms with Gasteiger partial charge in [-0.05, 0) is 70.3 Å². The van der Waals surface area contributed by atoms with Gasteiger partial charge in [-0.2, -0.15) is 0 Å². The summed E-state index contributed by atoms with van der Waals surface area (Å²) in [6.45, 7) is 5.81. The molecule has 0 N–H and O–H groups in total. The normalized spacial score (nSPS) is 12.1. The molecule has 1 rings (SSSR count). The van der Waals surface area contributed by atoms with E-state index in [0.717, 1.165) is 5.56 Å². The number of hydrogen-bond acceptors (Lipinski definition) is 2. The Hall–Kier alpha value is -0.0700. The molecule has 0 radical (unpaired) electrons. The fraction of sp³-hybridized carbons (Fsp3) is 0.364. The molecule has 94 valence electrons. The number of thiol groups is 1. The Kier molecular flexibility index (Phi) is 5.47. The molecule has 0 atom stereocenters. The molecule has 1 aromatic carbocycles. The van der Waals surface area contributed by atoms with E-state index in [2.05, 4.69) is 49.7 Å². The topological polar surface area (TPSA) is 15.6 Å². The maximum atomic E-state index is 13.3. The quantitative estimate of drug-likeness (QED) is 0.334. The summed E-state index contributed by atoms with van der Waals surface area (Å²) >= 11 is 10.8. The van der Waals surface area contributed by atoms with Crippen molar-refractivity contribution in [3.8, 4) is 0 Å². The van der Waals surface area contributed by atoms with Crippen LogP contribution in [-0.4, -0.2) is 15.1 Å². The molecule has 6 heteroatoms. The molecule has 0 unspecified atom stereocenters. The van der Waals surface area contributed by atoms with E-state index in [0.29, 0.717) is 14.9 Å². The standard InChI is InChI=1S/C11H13Br2FN2S/c1-6(2)16(17)11(13)15-10-5-8(12)9(14)4-7(10)3/h4-6,17H,1-3H3. The van der Waals surface area contributed by atoms with Crippen LogP contribution in [0, 0.1) is 12.7 Å². The molecule has 0 amide bonds. The summed E-state index contributed by atoms with van der Waals surface area (Å²) in [4.78, 5) is 4.37. The van der Waals surface area contributed by atoms with Crippen molar-refractivity contribution in [1.82, 2.24) is 4.31 Å². The monoisotopic (exact) mass is 382 g/mol. The minimum Gasteiger partial charge on any atom is -0.295 e. The van der Waals surface area contributed by atoms with E-state index in [1.807, 2.05) is 20.8 Å². The third kappa shape index (κ3) is 3.96. The van der Waals surface area contributed by atoms with Crippen LogP contribution in [0.1, 0.15) is 19.4 Å². The molecule has 0 aliphatic heterocycles. The summed E-state index contributed by atoms with van der Waals surface area (Å²) in [5, 5.41) is 0. The van der Waals surface area contributed by atoms with Crippen molar-refractivity contribution >= 4 is 55.1 Å². The van der Waals surface area contributed by atoms with E-state index < -0.39 is 0 Å². The second kappa shape index (κ2) is 6.20. The Morgan fingerprint density at radius 3 is 2.59 bits per heavy atom. The van der Waals surface area contributed by atoms with Gasteiger partial charge in [0, 0.05) is 6.04 Å². The van der Waals surface area contributed by atoms with Gasteiger partial charge in [0.15, 0.2) is 4.74 Å². The largest absolute Gasteiger partial charge is 0.295 e. The first-order valence-electron chi connectivity index (χ1n) is 5.01. The lowest BCUT2D eigenvalue weighted by Crippen LogP contribution is -2.23. The maximum Gasteiger partial charge on any atom is 0.183 e. The predicted octanol–water partition coefficient (Wildman–Crippen LogP) is 4.83. The molecule has 0 bridgehead atoms. The zero-order valence-electron chi connectivity index (χ0n) is 9.71. The van der Waals surface area contributed by atoms with Crippen LogP contribution in [0.3, 0.4) is 0 Å². The third-order valence-electron chi connectivity index (χ3n) is 2.13. The third-order valence-corrected chi connectivity index (χ3v) is 4.22. The van der Waals surface area contributed by atoms with Crippen molar-refractivity contribution in [2.75, 3.05) is 0 Å². The van der Waals surface area contributed by atoms with Crippen LogP contribution in [-0.2, 0) is 0 Å². The number of aryl methyl sites for hydroxylation is 1. The van der Waals surface area contributed by atoms with Crippen molar-refractivity contribution in [3.05, 3.63) is 28.0 Å². The highest BCUT2D eigenvalue weighted by molar-refractivity contribution is 9.18. The van der Waals surface area contributed by atoms with Gasteiger partial charge in [-0.15, -0.1) is 0 Å². The second-order valence-corrected chi connectivity index (χ2v) is 5.87. The highest BCUT2D eigenvalue weighted by Crippen LogP contribution is 2.27. The summed E-state index contributed by atoms with van der Waals surface area (Å²) in [6, 6.07) is 3.30. The summed E-state index contributed by atoms with van der Waals surface area (Å²) in [6.07, 6.45) is 0. The molecule has 2 nitrogen and oxygen atoms in total. The smallest absolute Gasteiger partial charge is 0.183 e. The molecule has 0 spiro atoms. The Labute approximate surface area is 123 Å². The molecule has 0 saturated heterocycles.